The molecular weight excluding hydrogens is 564 g/mol. The van der Waals surface area contributed by atoms with E-state index in [1.165, 1.54) is 0 Å². The van der Waals surface area contributed by atoms with E-state index in [4.69, 9.17) is 0 Å². The van der Waals surface area contributed by atoms with Gasteiger partial charge in [0.2, 0.25) is 35.4 Å². The van der Waals surface area contributed by atoms with Gasteiger partial charge in [0, 0.05) is 62.7 Å². The summed E-state index contributed by atoms with van der Waals surface area (Å²) >= 11 is 0. The molecule has 6 amide bonds. The molecule has 0 saturated carbocycles. The van der Waals surface area contributed by atoms with Crippen molar-refractivity contribution in [3.8, 4) is 0 Å². The van der Waals surface area contributed by atoms with Gasteiger partial charge in [0.15, 0.2) is 0 Å². The van der Waals surface area contributed by atoms with Gasteiger partial charge in [-0.05, 0) is 11.8 Å². The zero-order valence-electron chi connectivity index (χ0n) is 29.3. The number of amides is 6. The molecule has 0 fully saturated rings. The van der Waals surface area contributed by atoms with Crippen LogP contribution in [0, 0.1) is 35.5 Å². The maximum Gasteiger partial charge on any atom is 0.222 e. The SMILES string of the molecule is CC(C)CC(=O)NCC(CNC(=O)C(C)C)NC(=O)C(C)C.CC(C)CNC(=O)CC(CNC(=O)C(C)C)NC(=O)C(C)C. The first-order chi connectivity index (χ1) is 20.3. The van der Waals surface area contributed by atoms with Gasteiger partial charge in [-0.2, -0.15) is 0 Å². The van der Waals surface area contributed by atoms with Gasteiger partial charge in [0.05, 0.1) is 12.1 Å². The third kappa shape index (κ3) is 23.3. The topological polar surface area (TPSA) is 175 Å². The van der Waals surface area contributed by atoms with Crippen LogP contribution in [0.15, 0.2) is 0 Å². The predicted octanol–water partition coefficient (Wildman–Crippen LogP) is 2.12. The molecule has 2 unspecified atom stereocenters. The minimum atomic E-state index is -0.398. The van der Waals surface area contributed by atoms with Crippen LogP contribution >= 0.6 is 0 Å². The smallest absolute Gasteiger partial charge is 0.222 e. The van der Waals surface area contributed by atoms with E-state index in [1.54, 1.807) is 55.4 Å². The second-order valence-electron chi connectivity index (χ2n) is 13.3. The molecule has 0 aromatic carbocycles. The van der Waals surface area contributed by atoms with E-state index in [-0.39, 0.29) is 84.0 Å². The van der Waals surface area contributed by atoms with Gasteiger partial charge in [-0.25, -0.2) is 0 Å². The minimum Gasteiger partial charge on any atom is -0.356 e. The maximum atomic E-state index is 11.9. The van der Waals surface area contributed by atoms with Crippen LogP contribution in [0.2, 0.25) is 0 Å². The molecule has 6 N–H and O–H groups in total. The van der Waals surface area contributed by atoms with Crippen molar-refractivity contribution >= 4 is 35.4 Å². The van der Waals surface area contributed by atoms with Crippen LogP contribution in [0.25, 0.3) is 0 Å². The predicted molar refractivity (Wildman–Crippen MR) is 174 cm³/mol. The minimum absolute atomic E-state index is 0.0472. The highest BCUT2D eigenvalue weighted by molar-refractivity contribution is 5.82. The summed E-state index contributed by atoms with van der Waals surface area (Å²) in [4.78, 5) is 70.5. The second-order valence-corrected chi connectivity index (χ2v) is 13.3. The number of rotatable bonds is 18. The zero-order valence-corrected chi connectivity index (χ0v) is 29.3. The van der Waals surface area contributed by atoms with Gasteiger partial charge in [0.1, 0.15) is 0 Å². The summed E-state index contributed by atoms with van der Waals surface area (Å²) in [6, 6.07) is -0.710. The molecule has 0 aromatic rings. The van der Waals surface area contributed by atoms with Crippen LogP contribution in [-0.4, -0.2) is 73.7 Å². The normalized spacial score (nSPS) is 12.4. The first-order valence-electron chi connectivity index (χ1n) is 16.0. The fourth-order valence-corrected chi connectivity index (χ4v) is 3.23. The Hall–Kier alpha value is -3.18. The third-order valence-electron chi connectivity index (χ3n) is 6.11. The monoisotopic (exact) mass is 626 g/mol. The molecule has 0 spiro atoms. The van der Waals surface area contributed by atoms with E-state index in [1.807, 2.05) is 27.7 Å². The average Bonchev–Trinajstić information content (AvgIpc) is 2.90. The van der Waals surface area contributed by atoms with Crippen molar-refractivity contribution in [1.29, 1.82) is 0 Å². The van der Waals surface area contributed by atoms with Crippen molar-refractivity contribution in [3.05, 3.63) is 0 Å². The Morgan fingerprint density at radius 2 is 0.727 bits per heavy atom. The average molecular weight is 627 g/mol. The van der Waals surface area contributed by atoms with Gasteiger partial charge in [0.25, 0.3) is 0 Å². The van der Waals surface area contributed by atoms with Crippen molar-refractivity contribution in [2.24, 2.45) is 35.5 Å². The quantitative estimate of drug-likeness (QED) is 0.136. The summed E-state index contributed by atoms with van der Waals surface area (Å²) in [6.07, 6.45) is 0.604. The van der Waals surface area contributed by atoms with Crippen LogP contribution < -0.4 is 31.9 Å². The standard InChI is InChI=1S/2C16H31N3O3/c1-10(2)8-17-14(20)7-13(19-16(22)12(5)6)9-18-15(21)11(3)4;1-10(2)7-14(20)17-8-13(19-16(22)12(5)6)9-18-15(21)11(3)4/h2*10-13H,7-9H2,1-6H3,(H,17,20)(H,18,21)(H,19,22). The van der Waals surface area contributed by atoms with Gasteiger partial charge in [-0.1, -0.05) is 83.1 Å². The molecule has 0 heterocycles. The lowest BCUT2D eigenvalue weighted by Gasteiger charge is -2.22. The highest BCUT2D eigenvalue weighted by Crippen LogP contribution is 2.01. The first-order valence-corrected chi connectivity index (χ1v) is 16.0. The lowest BCUT2D eigenvalue weighted by molar-refractivity contribution is -0.127. The first kappa shape index (κ1) is 43.0. The summed E-state index contributed by atoms with van der Waals surface area (Å²) in [5.41, 5.74) is 0. The van der Waals surface area contributed by atoms with E-state index in [0.717, 1.165) is 0 Å². The largest absolute Gasteiger partial charge is 0.356 e. The Bertz CT molecular complexity index is 902. The van der Waals surface area contributed by atoms with Gasteiger partial charge < -0.3 is 31.9 Å². The number of carbonyl (C=O) groups excluding carboxylic acids is 6. The third-order valence-corrected chi connectivity index (χ3v) is 6.11. The van der Waals surface area contributed by atoms with Gasteiger partial charge in [-0.15, -0.1) is 0 Å². The molecule has 256 valence electrons. The Kier molecular flexibility index (Phi) is 22.7. The Morgan fingerprint density at radius 1 is 0.386 bits per heavy atom. The Labute approximate surface area is 265 Å². The molecule has 12 nitrogen and oxygen atoms in total. The summed E-state index contributed by atoms with van der Waals surface area (Å²) in [5.74, 6) is -0.455. The molecule has 0 bridgehead atoms. The lowest BCUT2D eigenvalue weighted by Crippen LogP contribution is -2.51. The summed E-state index contributed by atoms with van der Waals surface area (Å²) in [7, 11) is 0. The maximum absolute atomic E-state index is 11.9. The summed E-state index contributed by atoms with van der Waals surface area (Å²) < 4.78 is 0. The number of nitrogens with one attached hydrogen (secondary N) is 6. The summed E-state index contributed by atoms with van der Waals surface area (Å²) in [5, 5.41) is 16.8. The van der Waals surface area contributed by atoms with E-state index in [2.05, 4.69) is 31.9 Å². The number of carbonyl (C=O) groups is 6. The molecular formula is C32H62N6O6. The molecule has 0 saturated heterocycles. The molecule has 0 aromatic heterocycles. The molecule has 0 aliphatic rings. The fourth-order valence-electron chi connectivity index (χ4n) is 3.23. The van der Waals surface area contributed by atoms with Gasteiger partial charge >= 0.3 is 0 Å². The van der Waals surface area contributed by atoms with Crippen molar-refractivity contribution in [2.45, 2.75) is 108 Å². The Balaban J connectivity index is 0. The van der Waals surface area contributed by atoms with Crippen LogP contribution in [-0.2, 0) is 28.8 Å². The van der Waals surface area contributed by atoms with E-state index < -0.39 is 6.04 Å². The number of hydrogen-bond donors (Lipinski definition) is 6. The van der Waals surface area contributed by atoms with Crippen LogP contribution in [0.1, 0.15) is 95.9 Å². The lowest BCUT2D eigenvalue weighted by atomic mass is 10.1. The second kappa shape index (κ2) is 23.2. The zero-order chi connectivity index (χ0) is 34.6. The van der Waals surface area contributed by atoms with Crippen molar-refractivity contribution in [3.63, 3.8) is 0 Å². The molecule has 0 radical (unpaired) electrons. The van der Waals surface area contributed by atoms with Crippen molar-refractivity contribution in [2.75, 3.05) is 26.2 Å². The highest BCUT2D eigenvalue weighted by atomic mass is 16.2. The highest BCUT2D eigenvalue weighted by Gasteiger charge is 2.20. The molecule has 2 atom stereocenters. The molecule has 12 heteroatoms. The molecule has 44 heavy (non-hydrogen) atoms. The van der Waals surface area contributed by atoms with Crippen LogP contribution in [0.4, 0.5) is 0 Å². The van der Waals surface area contributed by atoms with Gasteiger partial charge in [-0.3, -0.25) is 28.8 Å². The molecule has 0 aliphatic carbocycles. The molecule has 0 rings (SSSR count). The summed E-state index contributed by atoms with van der Waals surface area (Å²) in [6.45, 7) is 23.8. The van der Waals surface area contributed by atoms with E-state index in [9.17, 15) is 28.8 Å². The van der Waals surface area contributed by atoms with Crippen LogP contribution in [0.3, 0.4) is 0 Å². The fraction of sp³-hybridized carbons (Fsp3) is 0.812. The van der Waals surface area contributed by atoms with Crippen molar-refractivity contribution in [1.82, 2.24) is 31.9 Å². The van der Waals surface area contributed by atoms with E-state index in [0.29, 0.717) is 32.0 Å². The number of hydrogen-bond acceptors (Lipinski definition) is 6. The van der Waals surface area contributed by atoms with Crippen molar-refractivity contribution < 1.29 is 28.8 Å². The molecule has 0 aliphatic heterocycles. The van der Waals surface area contributed by atoms with E-state index >= 15 is 0 Å². The Morgan fingerprint density at radius 3 is 1.11 bits per heavy atom. The van der Waals surface area contributed by atoms with Crippen LogP contribution in [0.5, 0.6) is 0 Å².